The molecule has 1 aliphatic rings. The average molecular weight is 188 g/mol. The first-order chi connectivity index (χ1) is 5.27. The molecule has 0 saturated carbocycles. The van der Waals surface area contributed by atoms with Crippen molar-refractivity contribution in [1.82, 2.24) is 0 Å². The second-order valence-corrected chi connectivity index (χ2v) is 4.16. The number of rotatable bonds is 0. The Bertz CT molecular complexity index is 292. The Morgan fingerprint density at radius 1 is 1.55 bits per heavy atom. The van der Waals surface area contributed by atoms with E-state index in [1.807, 2.05) is 0 Å². The van der Waals surface area contributed by atoms with Crippen molar-refractivity contribution in [2.24, 2.45) is 0 Å². The molecule has 1 atom stereocenters. The molecule has 0 amide bonds. The molecule has 1 aromatic rings. The van der Waals surface area contributed by atoms with Gasteiger partial charge in [-0.15, -0.1) is 0 Å². The number of nitrogens with one attached hydrogen (secondary N) is 1. The van der Waals surface area contributed by atoms with Crippen molar-refractivity contribution in [2.45, 2.75) is 4.90 Å². The predicted octanol–water partition coefficient (Wildman–Crippen LogP) is 1.83. The van der Waals surface area contributed by atoms with Crippen LogP contribution in [0.25, 0.3) is 0 Å². The summed E-state index contributed by atoms with van der Waals surface area (Å²) < 4.78 is 11.2. The molecule has 0 fully saturated rings. The first-order valence-corrected chi connectivity index (χ1v) is 4.89. The highest BCUT2D eigenvalue weighted by Crippen LogP contribution is 2.30. The topological polar surface area (TPSA) is 35.1 Å². The number of benzene rings is 1. The Morgan fingerprint density at radius 2 is 2.36 bits per heavy atom. The Kier molecular flexibility index (Phi) is 1.71. The van der Waals surface area contributed by atoms with Crippen LogP contribution in [0.3, 0.4) is 0 Å². The lowest BCUT2D eigenvalue weighted by molar-refractivity contribution is 0.600. The summed E-state index contributed by atoms with van der Waals surface area (Å²) in [4.78, 5) is 0.856. The highest BCUT2D eigenvalue weighted by Gasteiger charge is 2.23. The van der Waals surface area contributed by atoms with Gasteiger partial charge in [0, 0.05) is 16.2 Å². The minimum Gasteiger partial charge on any atom is -0.610 e. The summed E-state index contributed by atoms with van der Waals surface area (Å²) >= 11 is 4.86. The Morgan fingerprint density at radius 3 is 3.18 bits per heavy atom. The molecule has 1 unspecified atom stereocenters. The fourth-order valence-electron chi connectivity index (χ4n) is 1.06. The summed E-state index contributed by atoms with van der Waals surface area (Å²) in [5.74, 6) is 0.510. The zero-order chi connectivity index (χ0) is 7.84. The van der Waals surface area contributed by atoms with Crippen molar-refractivity contribution in [3.63, 3.8) is 0 Å². The highest BCUT2D eigenvalue weighted by molar-refractivity contribution is 7.92. The van der Waals surface area contributed by atoms with Gasteiger partial charge in [0.25, 0.3) is 0 Å². The lowest BCUT2D eigenvalue weighted by Gasteiger charge is -1.99. The molecule has 1 aliphatic heterocycles. The molecule has 0 bridgehead atoms. The summed E-state index contributed by atoms with van der Waals surface area (Å²) in [6.45, 7) is 0. The number of anilines is 1. The van der Waals surface area contributed by atoms with Crippen molar-refractivity contribution in [3.8, 4) is 0 Å². The number of hydrogen-bond donors (Lipinski definition) is 1. The summed E-state index contributed by atoms with van der Waals surface area (Å²) in [6, 6.07) is 5.35. The molecule has 2 rings (SSSR count). The van der Waals surface area contributed by atoms with Crippen molar-refractivity contribution >= 4 is 28.5 Å². The van der Waals surface area contributed by atoms with Crippen molar-refractivity contribution < 1.29 is 4.55 Å². The van der Waals surface area contributed by atoms with E-state index in [-0.39, 0.29) is 0 Å². The molecule has 0 spiro atoms. The van der Waals surface area contributed by atoms with E-state index in [0.29, 0.717) is 10.9 Å². The molecule has 11 heavy (non-hydrogen) atoms. The van der Waals surface area contributed by atoms with Crippen LogP contribution in [0, 0.1) is 0 Å². The fraction of sp³-hybridized carbons (Fsp3) is 0.143. The van der Waals surface area contributed by atoms with E-state index in [0.717, 1.165) is 10.6 Å². The van der Waals surface area contributed by atoms with E-state index < -0.39 is 11.2 Å². The summed E-state index contributed by atoms with van der Waals surface area (Å²) in [5, 5.41) is 3.68. The van der Waals surface area contributed by atoms with E-state index in [4.69, 9.17) is 11.6 Å². The predicted molar refractivity (Wildman–Crippen MR) is 46.4 cm³/mol. The molecule has 0 aliphatic carbocycles. The fourth-order valence-corrected chi connectivity index (χ4v) is 2.27. The van der Waals surface area contributed by atoms with Gasteiger partial charge in [-0.2, -0.15) is 0 Å². The highest BCUT2D eigenvalue weighted by atomic mass is 35.5. The van der Waals surface area contributed by atoms with Crippen LogP contribution >= 0.6 is 11.6 Å². The normalized spacial score (nSPS) is 21.1. The molecule has 1 N–H and O–H groups in total. The van der Waals surface area contributed by atoms with Crippen LogP contribution in [0.2, 0.25) is 5.02 Å². The van der Waals surface area contributed by atoms with E-state index in [2.05, 4.69) is 5.32 Å². The smallest absolute Gasteiger partial charge is 0.181 e. The van der Waals surface area contributed by atoms with Gasteiger partial charge in [-0.05, 0) is 18.2 Å². The van der Waals surface area contributed by atoms with Gasteiger partial charge in [0.15, 0.2) is 10.8 Å². The molecular formula is C7H6ClNOS. The molecule has 58 valence electrons. The zero-order valence-electron chi connectivity index (χ0n) is 5.63. The molecule has 4 heteroatoms. The second-order valence-electron chi connectivity index (χ2n) is 2.31. The SMILES string of the molecule is [O-][S+]1CNc2cc(Cl)ccc21. The van der Waals surface area contributed by atoms with Gasteiger partial charge in [-0.3, -0.25) is 0 Å². The average Bonchev–Trinajstić information content (AvgIpc) is 2.32. The molecule has 2 nitrogen and oxygen atoms in total. The van der Waals surface area contributed by atoms with Gasteiger partial charge in [0.1, 0.15) is 0 Å². The van der Waals surface area contributed by atoms with Gasteiger partial charge < -0.3 is 9.87 Å². The Hall–Kier alpha value is -0.380. The van der Waals surface area contributed by atoms with Crippen molar-refractivity contribution in [3.05, 3.63) is 23.2 Å². The third kappa shape index (κ3) is 1.20. The monoisotopic (exact) mass is 187 g/mol. The standard InChI is InChI=1S/C7H6ClNOS/c8-5-1-2-7-6(3-5)9-4-11(7)10/h1-3,9H,4H2. The first-order valence-electron chi connectivity index (χ1n) is 3.19. The number of fused-ring (bicyclic) bond motifs is 1. The van der Waals surface area contributed by atoms with E-state index in [1.165, 1.54) is 0 Å². The third-order valence-electron chi connectivity index (χ3n) is 1.58. The van der Waals surface area contributed by atoms with Crippen LogP contribution in [-0.2, 0) is 11.2 Å². The Balaban J connectivity index is 2.50. The molecule has 1 aromatic carbocycles. The molecule has 0 saturated heterocycles. The minimum absolute atomic E-state index is 0.510. The van der Waals surface area contributed by atoms with E-state index >= 15 is 0 Å². The maximum atomic E-state index is 11.2. The van der Waals surface area contributed by atoms with Crippen LogP contribution in [0.4, 0.5) is 5.69 Å². The summed E-state index contributed by atoms with van der Waals surface area (Å²) in [7, 11) is 0. The molecule has 0 radical (unpaired) electrons. The van der Waals surface area contributed by atoms with Crippen LogP contribution in [-0.4, -0.2) is 10.4 Å². The lowest BCUT2D eigenvalue weighted by atomic mass is 10.3. The third-order valence-corrected chi connectivity index (χ3v) is 3.07. The largest absolute Gasteiger partial charge is 0.610 e. The number of hydrogen-bond acceptors (Lipinski definition) is 2. The van der Waals surface area contributed by atoms with E-state index in [9.17, 15) is 4.55 Å². The summed E-state index contributed by atoms with van der Waals surface area (Å²) in [6.07, 6.45) is 0. The van der Waals surface area contributed by atoms with Gasteiger partial charge in [0.05, 0.1) is 5.69 Å². The van der Waals surface area contributed by atoms with E-state index in [1.54, 1.807) is 18.2 Å². The quantitative estimate of drug-likeness (QED) is 0.629. The maximum absolute atomic E-state index is 11.2. The van der Waals surface area contributed by atoms with Crippen molar-refractivity contribution in [2.75, 3.05) is 11.2 Å². The Labute approximate surface area is 72.7 Å². The summed E-state index contributed by atoms with van der Waals surface area (Å²) in [5.41, 5.74) is 0.899. The second kappa shape index (κ2) is 2.59. The zero-order valence-corrected chi connectivity index (χ0v) is 7.21. The van der Waals surface area contributed by atoms with Gasteiger partial charge in [-0.1, -0.05) is 11.6 Å². The number of halogens is 1. The molecule has 1 heterocycles. The van der Waals surface area contributed by atoms with Crippen molar-refractivity contribution in [1.29, 1.82) is 0 Å². The van der Waals surface area contributed by atoms with Gasteiger partial charge in [-0.25, -0.2) is 0 Å². The first kappa shape index (κ1) is 7.28. The molecule has 0 aromatic heterocycles. The maximum Gasteiger partial charge on any atom is 0.181 e. The van der Waals surface area contributed by atoms with Crippen LogP contribution < -0.4 is 5.32 Å². The van der Waals surface area contributed by atoms with Crippen LogP contribution in [0.5, 0.6) is 0 Å². The van der Waals surface area contributed by atoms with Crippen LogP contribution in [0.15, 0.2) is 23.1 Å². The minimum atomic E-state index is -0.876. The lowest BCUT2D eigenvalue weighted by Crippen LogP contribution is -2.02. The van der Waals surface area contributed by atoms with Gasteiger partial charge >= 0.3 is 0 Å². The van der Waals surface area contributed by atoms with Crippen LogP contribution in [0.1, 0.15) is 0 Å². The van der Waals surface area contributed by atoms with Gasteiger partial charge in [0.2, 0.25) is 0 Å². The molecular weight excluding hydrogens is 182 g/mol.